The molecule has 0 spiro atoms. The van der Waals surface area contributed by atoms with E-state index in [-0.39, 0.29) is 12.6 Å². The van der Waals surface area contributed by atoms with Gasteiger partial charge in [0.2, 0.25) is 0 Å². The van der Waals surface area contributed by atoms with Gasteiger partial charge in [0, 0.05) is 12.1 Å². The molecule has 0 bridgehead atoms. The minimum absolute atomic E-state index is 0.181. The Bertz CT molecular complexity index is 361. The molecule has 0 aromatic heterocycles. The summed E-state index contributed by atoms with van der Waals surface area (Å²) in [7, 11) is 0. The predicted molar refractivity (Wildman–Crippen MR) is 83.9 cm³/mol. The predicted octanol–water partition coefficient (Wildman–Crippen LogP) is 2.05. The Morgan fingerprint density at radius 2 is 1.95 bits per heavy atom. The molecule has 20 heavy (non-hydrogen) atoms. The molecule has 1 atom stereocenters. The summed E-state index contributed by atoms with van der Waals surface area (Å²) in [4.78, 5) is 2.54. The molecule has 3 heteroatoms. The van der Waals surface area contributed by atoms with Crippen LogP contribution in [0.5, 0.6) is 0 Å². The smallest absolute Gasteiger partial charge is 0.0587 e. The molecule has 1 aliphatic rings. The number of benzene rings is 1. The molecule has 1 fully saturated rings. The van der Waals surface area contributed by atoms with Gasteiger partial charge in [-0.15, -0.1) is 0 Å². The van der Waals surface area contributed by atoms with Crippen LogP contribution in [0.3, 0.4) is 0 Å². The second kappa shape index (κ2) is 8.40. The van der Waals surface area contributed by atoms with Gasteiger partial charge in [-0.2, -0.15) is 0 Å². The summed E-state index contributed by atoms with van der Waals surface area (Å²) < 4.78 is 0. The molecule has 0 amide bonds. The first kappa shape index (κ1) is 15.5. The summed E-state index contributed by atoms with van der Waals surface area (Å²) >= 11 is 0. The Morgan fingerprint density at radius 3 is 2.55 bits per heavy atom. The maximum absolute atomic E-state index is 9.58. The molecule has 1 saturated heterocycles. The third-order valence-electron chi connectivity index (χ3n) is 4.14. The number of aliphatic hydroxyl groups excluding tert-OH is 1. The van der Waals surface area contributed by atoms with Crippen molar-refractivity contribution in [3.05, 3.63) is 35.9 Å². The minimum atomic E-state index is 0.181. The van der Waals surface area contributed by atoms with Crippen molar-refractivity contribution >= 4 is 0 Å². The topological polar surface area (TPSA) is 35.5 Å². The Morgan fingerprint density at radius 1 is 1.25 bits per heavy atom. The summed E-state index contributed by atoms with van der Waals surface area (Å²) in [5, 5.41) is 13.2. The highest BCUT2D eigenvalue weighted by atomic mass is 16.3. The number of nitrogens with zero attached hydrogens (tertiary/aromatic N) is 1. The van der Waals surface area contributed by atoms with Gasteiger partial charge in [-0.25, -0.2) is 0 Å². The zero-order valence-corrected chi connectivity index (χ0v) is 12.6. The lowest BCUT2D eigenvalue weighted by Crippen LogP contribution is -2.48. The zero-order valence-electron chi connectivity index (χ0n) is 12.6. The van der Waals surface area contributed by atoms with Gasteiger partial charge >= 0.3 is 0 Å². The van der Waals surface area contributed by atoms with Gasteiger partial charge in [-0.1, -0.05) is 37.3 Å². The fourth-order valence-corrected chi connectivity index (χ4v) is 3.05. The molecular weight excluding hydrogens is 248 g/mol. The summed E-state index contributed by atoms with van der Waals surface area (Å²) in [6.45, 7) is 6.06. The normalized spacial score (nSPS) is 19.1. The highest BCUT2D eigenvalue weighted by Gasteiger charge is 2.21. The molecule has 1 heterocycles. The molecule has 2 N–H and O–H groups in total. The average molecular weight is 276 g/mol. The Kier molecular flexibility index (Phi) is 6.51. The summed E-state index contributed by atoms with van der Waals surface area (Å²) in [6.07, 6.45) is 4.55. The summed E-state index contributed by atoms with van der Waals surface area (Å²) in [5.74, 6) is 0. The van der Waals surface area contributed by atoms with Gasteiger partial charge in [-0.05, 0) is 50.9 Å². The van der Waals surface area contributed by atoms with E-state index in [9.17, 15) is 5.11 Å². The molecule has 2 rings (SSSR count). The largest absolute Gasteiger partial charge is 0.395 e. The molecule has 1 aliphatic heterocycles. The summed E-state index contributed by atoms with van der Waals surface area (Å²) in [5.41, 5.74) is 1.29. The third kappa shape index (κ3) is 4.89. The van der Waals surface area contributed by atoms with E-state index in [1.54, 1.807) is 0 Å². The van der Waals surface area contributed by atoms with Crippen LogP contribution in [0.25, 0.3) is 0 Å². The highest BCUT2D eigenvalue weighted by Crippen LogP contribution is 2.12. The first-order valence-electron chi connectivity index (χ1n) is 7.95. The Labute approximate surface area is 123 Å². The number of nitrogens with one attached hydrogen (secondary N) is 1. The van der Waals surface area contributed by atoms with Crippen LogP contribution in [0.15, 0.2) is 30.3 Å². The van der Waals surface area contributed by atoms with E-state index in [4.69, 9.17) is 0 Å². The second-order valence-electron chi connectivity index (χ2n) is 5.85. The molecule has 0 saturated carbocycles. The van der Waals surface area contributed by atoms with Crippen molar-refractivity contribution in [2.24, 2.45) is 0 Å². The SMILES string of the molecule is CCCN1CCC(N[C@H](CO)Cc2ccccc2)CC1. The van der Waals surface area contributed by atoms with Gasteiger partial charge in [0.25, 0.3) is 0 Å². The van der Waals surface area contributed by atoms with Gasteiger partial charge in [-0.3, -0.25) is 0 Å². The highest BCUT2D eigenvalue weighted by molar-refractivity contribution is 5.16. The number of likely N-dealkylation sites (tertiary alicyclic amines) is 1. The Balaban J connectivity index is 1.76. The van der Waals surface area contributed by atoms with E-state index >= 15 is 0 Å². The van der Waals surface area contributed by atoms with Crippen molar-refractivity contribution in [2.75, 3.05) is 26.2 Å². The van der Waals surface area contributed by atoms with Crippen LogP contribution in [0.2, 0.25) is 0 Å². The molecular formula is C17H28N2O. The van der Waals surface area contributed by atoms with Crippen LogP contribution in [0.1, 0.15) is 31.7 Å². The number of aliphatic hydroxyl groups is 1. The van der Waals surface area contributed by atoms with Crippen LogP contribution < -0.4 is 5.32 Å². The third-order valence-corrected chi connectivity index (χ3v) is 4.14. The number of hydrogen-bond acceptors (Lipinski definition) is 3. The van der Waals surface area contributed by atoms with E-state index in [2.05, 4.69) is 41.4 Å². The molecule has 0 unspecified atom stereocenters. The lowest BCUT2D eigenvalue weighted by Gasteiger charge is -2.34. The van der Waals surface area contributed by atoms with Crippen LogP contribution >= 0.6 is 0 Å². The van der Waals surface area contributed by atoms with Crippen molar-refractivity contribution in [1.29, 1.82) is 0 Å². The van der Waals surface area contributed by atoms with Gasteiger partial charge < -0.3 is 15.3 Å². The van der Waals surface area contributed by atoms with Gasteiger partial charge in [0.05, 0.1) is 6.61 Å². The number of piperidine rings is 1. The standard InChI is InChI=1S/C17H28N2O/c1-2-10-19-11-8-16(9-12-19)18-17(14-20)13-15-6-4-3-5-7-15/h3-7,16-18,20H,2,8-14H2,1H3/t17-/m0/s1. The molecule has 1 aromatic rings. The van der Waals surface area contributed by atoms with Crippen molar-refractivity contribution < 1.29 is 5.11 Å². The van der Waals surface area contributed by atoms with Crippen LogP contribution in [-0.2, 0) is 6.42 Å². The van der Waals surface area contributed by atoms with Crippen molar-refractivity contribution in [2.45, 2.75) is 44.7 Å². The van der Waals surface area contributed by atoms with Crippen molar-refractivity contribution in [3.63, 3.8) is 0 Å². The van der Waals surface area contributed by atoms with E-state index in [0.717, 1.165) is 6.42 Å². The molecule has 0 aliphatic carbocycles. The monoisotopic (exact) mass is 276 g/mol. The Hall–Kier alpha value is -0.900. The lowest BCUT2D eigenvalue weighted by atomic mass is 10.0. The van der Waals surface area contributed by atoms with Crippen LogP contribution in [0, 0.1) is 0 Å². The van der Waals surface area contributed by atoms with Gasteiger partial charge in [0.15, 0.2) is 0 Å². The van der Waals surface area contributed by atoms with Crippen LogP contribution in [-0.4, -0.2) is 48.3 Å². The first-order chi connectivity index (χ1) is 9.81. The van der Waals surface area contributed by atoms with Crippen LogP contribution in [0.4, 0.5) is 0 Å². The molecule has 3 nitrogen and oxygen atoms in total. The van der Waals surface area contributed by atoms with Crippen molar-refractivity contribution in [3.8, 4) is 0 Å². The molecule has 0 radical (unpaired) electrons. The van der Waals surface area contributed by atoms with E-state index < -0.39 is 0 Å². The van der Waals surface area contributed by atoms with Crippen molar-refractivity contribution in [1.82, 2.24) is 10.2 Å². The average Bonchev–Trinajstić information content (AvgIpc) is 2.50. The maximum Gasteiger partial charge on any atom is 0.0587 e. The minimum Gasteiger partial charge on any atom is -0.395 e. The number of hydrogen-bond donors (Lipinski definition) is 2. The quantitative estimate of drug-likeness (QED) is 0.800. The maximum atomic E-state index is 9.58. The number of rotatable bonds is 7. The van der Waals surface area contributed by atoms with Gasteiger partial charge in [0.1, 0.15) is 0 Å². The fourth-order valence-electron chi connectivity index (χ4n) is 3.05. The first-order valence-corrected chi connectivity index (χ1v) is 7.95. The zero-order chi connectivity index (χ0) is 14.2. The lowest BCUT2D eigenvalue weighted by molar-refractivity contribution is 0.171. The molecule has 1 aromatic carbocycles. The van der Waals surface area contributed by atoms with E-state index in [1.807, 2.05) is 6.07 Å². The fraction of sp³-hybridized carbons (Fsp3) is 0.647. The van der Waals surface area contributed by atoms with E-state index in [1.165, 1.54) is 44.5 Å². The second-order valence-corrected chi connectivity index (χ2v) is 5.85. The summed E-state index contributed by atoms with van der Waals surface area (Å²) in [6, 6.07) is 11.2. The van der Waals surface area contributed by atoms with E-state index in [0.29, 0.717) is 6.04 Å². The molecule has 112 valence electrons.